The lowest BCUT2D eigenvalue weighted by atomic mass is 9.89. The second kappa shape index (κ2) is 9.24. The number of carbonyl (C=O) groups excluding carboxylic acids is 1. The third kappa shape index (κ3) is 4.73. The third-order valence-electron chi connectivity index (χ3n) is 5.79. The summed E-state index contributed by atoms with van der Waals surface area (Å²) < 4.78 is 15.0. The molecule has 0 atom stereocenters. The molecule has 2 N–H and O–H groups in total. The number of hydrogen-bond donors (Lipinski definition) is 2. The molecule has 3 aromatic rings. The smallest absolute Gasteiger partial charge is 0.294 e. The van der Waals surface area contributed by atoms with Gasteiger partial charge in [0.05, 0.1) is 12.2 Å². The molecule has 31 heavy (non-hydrogen) atoms. The summed E-state index contributed by atoms with van der Waals surface area (Å²) in [6, 6.07) is 9.73. The van der Waals surface area contributed by atoms with E-state index in [-0.39, 0.29) is 29.6 Å². The Morgan fingerprint density at radius 3 is 2.55 bits per heavy atom. The summed E-state index contributed by atoms with van der Waals surface area (Å²) in [5.41, 5.74) is 2.20. The lowest BCUT2D eigenvalue weighted by Gasteiger charge is -2.23. The van der Waals surface area contributed by atoms with Crippen LogP contribution in [0.3, 0.4) is 0 Å². The van der Waals surface area contributed by atoms with Gasteiger partial charge >= 0.3 is 0 Å². The second-order valence-corrected chi connectivity index (χ2v) is 7.95. The maximum absolute atomic E-state index is 13.3. The molecule has 4 rings (SSSR count). The molecule has 1 saturated carbocycles. The molecule has 0 unspecified atom stereocenters. The van der Waals surface area contributed by atoms with E-state index >= 15 is 0 Å². The van der Waals surface area contributed by atoms with Crippen LogP contribution in [0.25, 0.3) is 22.4 Å². The fourth-order valence-corrected chi connectivity index (χ4v) is 4.07. The highest BCUT2D eigenvalue weighted by atomic mass is 19.1. The minimum absolute atomic E-state index is 0.0330. The number of aromatic nitrogens is 3. The zero-order valence-electron chi connectivity index (χ0n) is 17.5. The van der Waals surface area contributed by atoms with Gasteiger partial charge in [0.1, 0.15) is 11.3 Å². The Labute approximate surface area is 179 Å². The number of carbonyl (C=O) groups is 1. The summed E-state index contributed by atoms with van der Waals surface area (Å²) in [6.07, 6.45) is 5.72. The zero-order valence-corrected chi connectivity index (χ0v) is 17.5. The predicted molar refractivity (Wildman–Crippen MR) is 118 cm³/mol. The number of amides is 1. The molecule has 0 saturated heterocycles. The number of halogens is 1. The Morgan fingerprint density at radius 1 is 1.10 bits per heavy atom. The van der Waals surface area contributed by atoms with Crippen molar-refractivity contribution < 1.29 is 9.18 Å². The first-order chi connectivity index (χ1) is 15.0. The van der Waals surface area contributed by atoms with E-state index in [1.54, 1.807) is 29.8 Å². The molecule has 0 aliphatic heterocycles. The molecule has 1 fully saturated rings. The van der Waals surface area contributed by atoms with Crippen molar-refractivity contribution in [1.29, 1.82) is 0 Å². The van der Waals surface area contributed by atoms with Crippen molar-refractivity contribution in [2.45, 2.75) is 38.6 Å². The first-order valence-electron chi connectivity index (χ1n) is 10.7. The van der Waals surface area contributed by atoms with Gasteiger partial charge in [-0.2, -0.15) is 0 Å². The summed E-state index contributed by atoms with van der Waals surface area (Å²) >= 11 is 0. The Hall–Kier alpha value is -3.29. The molecule has 0 spiro atoms. The molecular weight excluding hydrogens is 397 g/mol. The van der Waals surface area contributed by atoms with E-state index in [4.69, 9.17) is 4.98 Å². The summed E-state index contributed by atoms with van der Waals surface area (Å²) in [6.45, 7) is 0.529. The maximum atomic E-state index is 13.3. The third-order valence-corrected chi connectivity index (χ3v) is 5.79. The van der Waals surface area contributed by atoms with Gasteiger partial charge < -0.3 is 10.6 Å². The molecular formula is C23H26FN5O2. The minimum atomic E-state index is -0.313. The van der Waals surface area contributed by atoms with Crippen LogP contribution in [0.2, 0.25) is 0 Å². The van der Waals surface area contributed by atoms with Gasteiger partial charge in [0.2, 0.25) is 5.91 Å². The van der Waals surface area contributed by atoms with Gasteiger partial charge in [-0.15, -0.1) is 0 Å². The minimum Gasteiger partial charge on any atom is -0.358 e. The second-order valence-electron chi connectivity index (χ2n) is 7.95. The molecule has 1 aliphatic carbocycles. The predicted octanol–water partition coefficient (Wildman–Crippen LogP) is 3.34. The SMILES string of the molecule is CNC(=O)CNc1nc2ccc(-c3ccc(F)cc3)nc2n(CC2CCCCC2)c1=O. The van der Waals surface area contributed by atoms with Crippen LogP contribution >= 0.6 is 0 Å². The Kier molecular flexibility index (Phi) is 6.25. The van der Waals surface area contributed by atoms with Gasteiger partial charge in [-0.05, 0) is 55.2 Å². The first-order valence-corrected chi connectivity index (χ1v) is 10.7. The summed E-state index contributed by atoms with van der Waals surface area (Å²) in [7, 11) is 1.54. The number of anilines is 1. The van der Waals surface area contributed by atoms with Crippen LogP contribution in [0.5, 0.6) is 0 Å². The normalized spacial score (nSPS) is 14.5. The lowest BCUT2D eigenvalue weighted by Crippen LogP contribution is -2.32. The molecule has 2 aromatic heterocycles. The van der Waals surface area contributed by atoms with Gasteiger partial charge in [0.25, 0.3) is 5.56 Å². The van der Waals surface area contributed by atoms with Crippen LogP contribution in [0.1, 0.15) is 32.1 Å². The van der Waals surface area contributed by atoms with Crippen LogP contribution < -0.4 is 16.2 Å². The Bertz CT molecular complexity index is 1140. The Morgan fingerprint density at radius 2 is 1.84 bits per heavy atom. The number of rotatable bonds is 6. The van der Waals surface area contributed by atoms with Crippen LogP contribution in [0.15, 0.2) is 41.2 Å². The van der Waals surface area contributed by atoms with Gasteiger partial charge in [-0.3, -0.25) is 14.2 Å². The molecule has 8 heteroatoms. The standard InChI is InChI=1S/C23H26FN5O2/c1-25-20(30)13-26-21-23(31)29(14-15-5-3-2-4-6-15)22-19(27-21)12-11-18(28-22)16-7-9-17(24)10-8-16/h7-12,15H,2-6,13-14H2,1H3,(H,25,30)(H,26,27). The van der Waals surface area contributed by atoms with Crippen molar-refractivity contribution in [1.82, 2.24) is 19.9 Å². The molecule has 2 heterocycles. The number of likely N-dealkylation sites (N-methyl/N-ethyl adjacent to an activating group) is 1. The lowest BCUT2D eigenvalue weighted by molar-refractivity contribution is -0.118. The van der Waals surface area contributed by atoms with E-state index in [0.717, 1.165) is 18.4 Å². The Balaban J connectivity index is 1.78. The number of pyridine rings is 1. The van der Waals surface area contributed by atoms with E-state index in [1.807, 2.05) is 6.07 Å². The van der Waals surface area contributed by atoms with E-state index in [1.165, 1.54) is 31.4 Å². The number of benzene rings is 1. The molecule has 0 radical (unpaired) electrons. The monoisotopic (exact) mass is 423 g/mol. The van der Waals surface area contributed by atoms with E-state index in [9.17, 15) is 14.0 Å². The average molecular weight is 423 g/mol. The van der Waals surface area contributed by atoms with E-state index in [2.05, 4.69) is 15.6 Å². The fourth-order valence-electron chi connectivity index (χ4n) is 4.07. The maximum Gasteiger partial charge on any atom is 0.294 e. The van der Waals surface area contributed by atoms with Gasteiger partial charge in [-0.25, -0.2) is 14.4 Å². The number of nitrogens with zero attached hydrogens (tertiary/aromatic N) is 3. The zero-order chi connectivity index (χ0) is 21.8. The summed E-state index contributed by atoms with van der Waals surface area (Å²) in [5.74, 6) is 0.000477. The van der Waals surface area contributed by atoms with Crippen molar-refractivity contribution >= 4 is 22.9 Å². The van der Waals surface area contributed by atoms with Crippen molar-refractivity contribution in [3.8, 4) is 11.3 Å². The quantitative estimate of drug-likeness (QED) is 0.635. The van der Waals surface area contributed by atoms with Crippen LogP contribution in [0, 0.1) is 11.7 Å². The number of fused-ring (bicyclic) bond motifs is 1. The number of nitrogens with one attached hydrogen (secondary N) is 2. The summed E-state index contributed by atoms with van der Waals surface area (Å²) in [4.78, 5) is 34.1. The largest absolute Gasteiger partial charge is 0.358 e. The molecule has 0 bridgehead atoms. The molecule has 1 aromatic carbocycles. The van der Waals surface area contributed by atoms with Crippen LogP contribution in [-0.4, -0.2) is 34.0 Å². The van der Waals surface area contributed by atoms with Crippen LogP contribution in [-0.2, 0) is 11.3 Å². The topological polar surface area (TPSA) is 88.9 Å². The van der Waals surface area contributed by atoms with Crippen molar-refractivity contribution in [3.63, 3.8) is 0 Å². The molecule has 7 nitrogen and oxygen atoms in total. The van der Waals surface area contributed by atoms with Crippen molar-refractivity contribution in [2.75, 3.05) is 18.9 Å². The highest BCUT2D eigenvalue weighted by molar-refractivity contribution is 5.81. The number of hydrogen-bond acceptors (Lipinski definition) is 5. The highest BCUT2D eigenvalue weighted by Gasteiger charge is 2.19. The van der Waals surface area contributed by atoms with E-state index in [0.29, 0.717) is 29.3 Å². The highest BCUT2D eigenvalue weighted by Crippen LogP contribution is 2.26. The average Bonchev–Trinajstić information content (AvgIpc) is 2.80. The van der Waals surface area contributed by atoms with Gasteiger partial charge in [-0.1, -0.05) is 19.3 Å². The van der Waals surface area contributed by atoms with Gasteiger partial charge in [0, 0.05) is 19.2 Å². The fraction of sp³-hybridized carbons (Fsp3) is 0.391. The van der Waals surface area contributed by atoms with E-state index < -0.39 is 0 Å². The molecule has 162 valence electrons. The van der Waals surface area contributed by atoms with Gasteiger partial charge in [0.15, 0.2) is 11.5 Å². The van der Waals surface area contributed by atoms with Crippen molar-refractivity contribution in [3.05, 3.63) is 52.6 Å². The molecule has 1 amide bonds. The van der Waals surface area contributed by atoms with Crippen LogP contribution in [0.4, 0.5) is 10.2 Å². The first kappa shape index (κ1) is 21.0. The van der Waals surface area contributed by atoms with Crippen molar-refractivity contribution in [2.24, 2.45) is 5.92 Å². The summed E-state index contributed by atoms with van der Waals surface area (Å²) in [5, 5.41) is 5.38. The molecule has 1 aliphatic rings.